The number of carboxylic acids is 1. The van der Waals surface area contributed by atoms with E-state index in [4.69, 9.17) is 21.1 Å². The highest BCUT2D eigenvalue weighted by atomic mass is 35.5. The smallest absolute Gasteiger partial charge is 0.331 e. The zero-order valence-corrected chi connectivity index (χ0v) is 12.3. The molecule has 114 valence electrons. The predicted molar refractivity (Wildman–Crippen MR) is 75.7 cm³/mol. The topological polar surface area (TPSA) is 84.9 Å². The molecular weight excluding hydrogens is 298 g/mol. The second-order valence-corrected chi connectivity index (χ2v) is 5.31. The average molecular weight is 314 g/mol. The van der Waals surface area contributed by atoms with Gasteiger partial charge in [0, 0.05) is 23.6 Å². The van der Waals surface area contributed by atoms with Crippen LogP contribution in [0.15, 0.2) is 18.2 Å². The van der Waals surface area contributed by atoms with Crippen molar-refractivity contribution in [3.05, 3.63) is 28.8 Å². The van der Waals surface area contributed by atoms with Crippen molar-refractivity contribution in [1.82, 2.24) is 5.32 Å². The van der Waals surface area contributed by atoms with Crippen LogP contribution >= 0.6 is 11.6 Å². The summed E-state index contributed by atoms with van der Waals surface area (Å²) in [6.07, 6.45) is 0.236. The van der Waals surface area contributed by atoms with Gasteiger partial charge in [0.1, 0.15) is 5.75 Å². The molecule has 1 aromatic rings. The number of carbonyl (C=O) groups excluding carboxylic acids is 1. The number of aliphatic carboxylic acids is 1. The maximum Gasteiger partial charge on any atom is 0.331 e. The lowest BCUT2D eigenvalue weighted by molar-refractivity contribution is -0.147. The van der Waals surface area contributed by atoms with E-state index in [-0.39, 0.29) is 19.4 Å². The second-order valence-electron chi connectivity index (χ2n) is 4.87. The number of halogens is 1. The van der Waals surface area contributed by atoms with Gasteiger partial charge in [0.25, 0.3) is 0 Å². The minimum Gasteiger partial charge on any atom is -0.496 e. The van der Waals surface area contributed by atoms with Crippen LogP contribution < -0.4 is 10.1 Å². The minimum atomic E-state index is -1.34. The zero-order chi connectivity index (χ0) is 15.5. The van der Waals surface area contributed by atoms with E-state index in [0.717, 1.165) is 0 Å². The Bertz CT molecular complexity index is 554. The summed E-state index contributed by atoms with van der Waals surface area (Å²) in [6.45, 7) is 0.286. The number of carboxylic acid groups (broad SMARTS) is 1. The van der Waals surface area contributed by atoms with Crippen LogP contribution in [0.5, 0.6) is 5.75 Å². The summed E-state index contributed by atoms with van der Waals surface area (Å²) in [5.41, 5.74) is -0.745. The molecule has 1 fully saturated rings. The van der Waals surface area contributed by atoms with Gasteiger partial charge in [-0.15, -0.1) is 0 Å². The summed E-state index contributed by atoms with van der Waals surface area (Å²) in [4.78, 5) is 23.5. The number of rotatable bonds is 5. The molecule has 2 N–H and O–H groups in total. The number of nitrogens with one attached hydrogen (secondary N) is 1. The number of ether oxygens (including phenoxy) is 2. The van der Waals surface area contributed by atoms with Crippen LogP contribution in [0.25, 0.3) is 0 Å². The number of carbonyl (C=O) groups is 2. The molecule has 0 spiro atoms. The Morgan fingerprint density at radius 1 is 1.52 bits per heavy atom. The third-order valence-corrected chi connectivity index (χ3v) is 3.64. The van der Waals surface area contributed by atoms with Crippen LogP contribution in [-0.4, -0.2) is 42.8 Å². The monoisotopic (exact) mass is 313 g/mol. The molecule has 1 aliphatic rings. The first-order valence-electron chi connectivity index (χ1n) is 6.41. The van der Waals surface area contributed by atoms with E-state index in [2.05, 4.69) is 5.32 Å². The molecule has 0 aromatic heterocycles. The van der Waals surface area contributed by atoms with Gasteiger partial charge in [0.15, 0.2) is 5.54 Å². The first kappa shape index (κ1) is 15.6. The van der Waals surface area contributed by atoms with E-state index >= 15 is 0 Å². The summed E-state index contributed by atoms with van der Waals surface area (Å²) >= 11 is 5.90. The fraction of sp³-hybridized carbons (Fsp3) is 0.429. The molecular formula is C14H16ClNO5. The van der Waals surface area contributed by atoms with Crippen LogP contribution in [-0.2, 0) is 20.7 Å². The van der Waals surface area contributed by atoms with Gasteiger partial charge in [-0.05, 0) is 18.2 Å². The Hall–Kier alpha value is -1.79. The van der Waals surface area contributed by atoms with Crippen LogP contribution in [0.1, 0.15) is 12.0 Å². The second kappa shape index (κ2) is 6.32. The largest absolute Gasteiger partial charge is 0.496 e. The fourth-order valence-electron chi connectivity index (χ4n) is 2.26. The standard InChI is InChI=1S/C14H16ClNO5/c1-20-11-3-2-10(15)6-9(11)7-12(17)16-14(13(18)19)4-5-21-8-14/h2-3,6H,4-5,7-8H2,1H3,(H,16,17)(H,18,19). The van der Waals surface area contributed by atoms with Crippen molar-refractivity contribution in [2.45, 2.75) is 18.4 Å². The first-order chi connectivity index (χ1) is 9.97. The molecule has 0 radical (unpaired) electrons. The molecule has 1 amide bonds. The molecule has 1 aromatic carbocycles. The molecule has 1 atom stereocenters. The lowest BCUT2D eigenvalue weighted by atomic mass is 9.98. The Morgan fingerprint density at radius 2 is 2.29 bits per heavy atom. The van der Waals surface area contributed by atoms with Gasteiger partial charge in [0.2, 0.25) is 5.91 Å². The van der Waals surface area contributed by atoms with E-state index in [1.54, 1.807) is 18.2 Å². The van der Waals surface area contributed by atoms with Crippen molar-refractivity contribution in [3.8, 4) is 5.75 Å². The highest BCUT2D eigenvalue weighted by molar-refractivity contribution is 6.30. The minimum absolute atomic E-state index is 0.0151. The molecule has 2 rings (SSSR count). The highest BCUT2D eigenvalue weighted by Gasteiger charge is 2.43. The Morgan fingerprint density at radius 3 is 2.86 bits per heavy atom. The Balaban J connectivity index is 2.11. The van der Waals surface area contributed by atoms with Crippen LogP contribution in [0.2, 0.25) is 5.02 Å². The van der Waals surface area contributed by atoms with Crippen molar-refractivity contribution in [2.24, 2.45) is 0 Å². The predicted octanol–water partition coefficient (Wildman–Crippen LogP) is 1.25. The average Bonchev–Trinajstić information content (AvgIpc) is 2.88. The van der Waals surface area contributed by atoms with E-state index in [9.17, 15) is 14.7 Å². The van der Waals surface area contributed by atoms with Crippen LogP contribution in [0.4, 0.5) is 0 Å². The summed E-state index contributed by atoms with van der Waals surface area (Å²) < 4.78 is 10.3. The summed E-state index contributed by atoms with van der Waals surface area (Å²) in [5, 5.41) is 12.3. The molecule has 6 nitrogen and oxygen atoms in total. The number of methoxy groups -OCH3 is 1. The van der Waals surface area contributed by atoms with E-state index in [0.29, 0.717) is 22.9 Å². The summed E-state index contributed by atoms with van der Waals surface area (Å²) in [6, 6.07) is 4.94. The van der Waals surface area contributed by atoms with Crippen molar-refractivity contribution in [3.63, 3.8) is 0 Å². The van der Waals surface area contributed by atoms with Gasteiger partial charge >= 0.3 is 5.97 Å². The van der Waals surface area contributed by atoms with Gasteiger partial charge in [-0.2, -0.15) is 0 Å². The molecule has 21 heavy (non-hydrogen) atoms. The van der Waals surface area contributed by atoms with Gasteiger partial charge in [-0.25, -0.2) is 4.79 Å². The van der Waals surface area contributed by atoms with E-state index in [1.165, 1.54) is 7.11 Å². The quantitative estimate of drug-likeness (QED) is 0.854. The molecule has 0 saturated carbocycles. The lowest BCUT2D eigenvalue weighted by Gasteiger charge is -2.23. The van der Waals surface area contributed by atoms with Crippen molar-refractivity contribution in [2.75, 3.05) is 20.3 Å². The van der Waals surface area contributed by atoms with Gasteiger partial charge in [0.05, 0.1) is 20.1 Å². The SMILES string of the molecule is COc1ccc(Cl)cc1CC(=O)NC1(C(=O)O)CCOC1. The molecule has 1 heterocycles. The van der Waals surface area contributed by atoms with Gasteiger partial charge < -0.3 is 19.9 Å². The van der Waals surface area contributed by atoms with E-state index in [1.807, 2.05) is 0 Å². The number of benzene rings is 1. The van der Waals surface area contributed by atoms with Crippen LogP contribution in [0, 0.1) is 0 Å². The van der Waals surface area contributed by atoms with Gasteiger partial charge in [-0.1, -0.05) is 11.6 Å². The maximum atomic E-state index is 12.1. The van der Waals surface area contributed by atoms with Gasteiger partial charge in [-0.3, -0.25) is 4.79 Å². The lowest BCUT2D eigenvalue weighted by Crippen LogP contribution is -2.55. The summed E-state index contributed by atoms with van der Waals surface area (Å²) in [5.74, 6) is -0.975. The fourth-order valence-corrected chi connectivity index (χ4v) is 2.45. The van der Waals surface area contributed by atoms with Crippen molar-refractivity contribution in [1.29, 1.82) is 0 Å². The third-order valence-electron chi connectivity index (χ3n) is 3.40. The molecule has 0 aliphatic carbocycles. The van der Waals surface area contributed by atoms with Crippen LogP contribution in [0.3, 0.4) is 0 Å². The van der Waals surface area contributed by atoms with Crippen molar-refractivity contribution >= 4 is 23.5 Å². The molecule has 7 heteroatoms. The number of hydrogen-bond acceptors (Lipinski definition) is 4. The molecule has 1 saturated heterocycles. The third kappa shape index (κ3) is 3.46. The Labute approximate surface area is 127 Å². The number of hydrogen-bond donors (Lipinski definition) is 2. The number of amides is 1. The highest BCUT2D eigenvalue weighted by Crippen LogP contribution is 2.24. The van der Waals surface area contributed by atoms with Crippen molar-refractivity contribution < 1.29 is 24.2 Å². The van der Waals surface area contributed by atoms with E-state index < -0.39 is 17.4 Å². The zero-order valence-electron chi connectivity index (χ0n) is 11.5. The first-order valence-corrected chi connectivity index (χ1v) is 6.79. The molecule has 0 bridgehead atoms. The summed E-state index contributed by atoms with van der Waals surface area (Å²) in [7, 11) is 1.49. The maximum absolute atomic E-state index is 12.1. The molecule has 1 unspecified atom stereocenters. The molecule has 1 aliphatic heterocycles. The Kier molecular flexibility index (Phi) is 4.69. The normalized spacial score (nSPS) is 21.0.